The Kier molecular flexibility index (Phi) is 8.89. The van der Waals surface area contributed by atoms with Crippen LogP contribution in [0.15, 0.2) is 11.3 Å². The summed E-state index contributed by atoms with van der Waals surface area (Å²) >= 11 is 0. The third kappa shape index (κ3) is 6.04. The highest BCUT2D eigenvalue weighted by atomic mass is 28.4. The van der Waals surface area contributed by atoms with Gasteiger partial charge in [-0.2, -0.15) is 0 Å². The number of carbonyl (C=O) groups is 1. The molecule has 0 aromatic rings. The molecule has 1 atom stereocenters. The summed E-state index contributed by atoms with van der Waals surface area (Å²) in [4.78, 5) is 14.6. The molecule has 0 aromatic carbocycles. The third-order valence-corrected chi connectivity index (χ3v) is 12.1. The lowest BCUT2D eigenvalue weighted by Gasteiger charge is -2.45. The van der Waals surface area contributed by atoms with Gasteiger partial charge >= 0.3 is 6.09 Å². The molecule has 0 aromatic heterocycles. The lowest BCUT2D eigenvalue weighted by molar-refractivity contribution is 0.0203. The van der Waals surface area contributed by atoms with E-state index in [0.29, 0.717) is 16.6 Å². The van der Waals surface area contributed by atoms with E-state index in [-0.39, 0.29) is 18.7 Å². The van der Waals surface area contributed by atoms with Gasteiger partial charge in [0.2, 0.25) is 0 Å². The van der Waals surface area contributed by atoms with Gasteiger partial charge in [-0.25, -0.2) is 4.79 Å². The Balaban J connectivity index is 3.31. The van der Waals surface area contributed by atoms with E-state index in [1.165, 1.54) is 0 Å². The summed E-state index contributed by atoms with van der Waals surface area (Å²) in [5.41, 5.74) is 2.11. The van der Waals surface area contributed by atoms with Crippen molar-refractivity contribution in [2.45, 2.75) is 117 Å². The molecule has 166 valence electrons. The summed E-state index contributed by atoms with van der Waals surface area (Å²) in [6.45, 7) is 21.8. The van der Waals surface area contributed by atoms with Gasteiger partial charge in [0.15, 0.2) is 0 Å². The Morgan fingerprint density at radius 3 is 2.10 bits per heavy atom. The molecular formula is C24H43NO3Si. The molecule has 1 aliphatic carbocycles. The minimum absolute atomic E-state index is 0.0668. The lowest BCUT2D eigenvalue weighted by Crippen LogP contribution is -2.49. The quantitative estimate of drug-likeness (QED) is 0.332. The lowest BCUT2D eigenvalue weighted by atomic mass is 9.92. The average molecular weight is 422 g/mol. The topological polar surface area (TPSA) is 38.8 Å². The van der Waals surface area contributed by atoms with Crippen molar-refractivity contribution in [3.63, 3.8) is 0 Å². The van der Waals surface area contributed by atoms with Gasteiger partial charge in [-0.15, -0.1) is 6.42 Å². The number of ether oxygens (including phenoxy) is 1. The third-order valence-electron chi connectivity index (χ3n) is 6.09. The molecule has 0 spiro atoms. The van der Waals surface area contributed by atoms with Crippen molar-refractivity contribution in [2.75, 3.05) is 6.54 Å². The minimum Gasteiger partial charge on any atom is -0.546 e. The predicted molar refractivity (Wildman–Crippen MR) is 124 cm³/mol. The van der Waals surface area contributed by atoms with E-state index < -0.39 is 13.9 Å². The van der Waals surface area contributed by atoms with Gasteiger partial charge in [0, 0.05) is 6.42 Å². The van der Waals surface area contributed by atoms with Crippen molar-refractivity contribution in [1.29, 1.82) is 0 Å². The van der Waals surface area contributed by atoms with Crippen molar-refractivity contribution in [3.8, 4) is 12.3 Å². The van der Waals surface area contributed by atoms with E-state index in [0.717, 1.165) is 30.6 Å². The van der Waals surface area contributed by atoms with Gasteiger partial charge in [0.1, 0.15) is 5.60 Å². The summed E-state index contributed by atoms with van der Waals surface area (Å²) in [5, 5.41) is 0. The molecular weight excluding hydrogens is 378 g/mol. The molecule has 0 bridgehead atoms. The summed E-state index contributed by atoms with van der Waals surface area (Å²) in [6.07, 6.45) is 8.06. The van der Waals surface area contributed by atoms with Gasteiger partial charge in [-0.3, -0.25) is 4.90 Å². The van der Waals surface area contributed by atoms with Crippen LogP contribution in [0.2, 0.25) is 16.6 Å². The van der Waals surface area contributed by atoms with Gasteiger partial charge in [0.25, 0.3) is 8.32 Å². The maximum Gasteiger partial charge on any atom is 0.411 e. The van der Waals surface area contributed by atoms with E-state index in [9.17, 15) is 4.79 Å². The molecule has 1 aliphatic rings. The molecule has 0 aliphatic heterocycles. The molecule has 29 heavy (non-hydrogen) atoms. The van der Waals surface area contributed by atoms with Crippen molar-refractivity contribution < 1.29 is 14.0 Å². The van der Waals surface area contributed by atoms with Crippen LogP contribution in [0.5, 0.6) is 0 Å². The first-order valence-corrected chi connectivity index (χ1v) is 13.2. The second-order valence-corrected chi connectivity index (χ2v) is 15.6. The van der Waals surface area contributed by atoms with E-state index in [1.54, 1.807) is 4.90 Å². The second-order valence-electron chi connectivity index (χ2n) is 10.2. The molecule has 1 rings (SSSR count). The number of amides is 1. The van der Waals surface area contributed by atoms with Crippen molar-refractivity contribution >= 4 is 14.4 Å². The van der Waals surface area contributed by atoms with E-state index in [4.69, 9.17) is 15.6 Å². The average Bonchev–Trinajstić information content (AvgIpc) is 2.56. The van der Waals surface area contributed by atoms with Crippen LogP contribution >= 0.6 is 0 Å². The zero-order valence-electron chi connectivity index (χ0n) is 20.4. The molecule has 1 amide bonds. The first-order valence-electron chi connectivity index (χ1n) is 11.1. The van der Waals surface area contributed by atoms with Gasteiger partial charge in [-0.1, -0.05) is 47.5 Å². The highest BCUT2D eigenvalue weighted by Crippen LogP contribution is 2.45. The van der Waals surface area contributed by atoms with Gasteiger partial charge in [-0.05, 0) is 62.7 Å². The maximum absolute atomic E-state index is 12.9. The largest absolute Gasteiger partial charge is 0.546 e. The monoisotopic (exact) mass is 421 g/mol. The van der Waals surface area contributed by atoms with E-state index in [1.807, 2.05) is 20.8 Å². The summed E-state index contributed by atoms with van der Waals surface area (Å²) in [5.74, 6) is 3.72. The molecule has 0 fully saturated rings. The Labute approximate surface area is 180 Å². The predicted octanol–water partition coefficient (Wildman–Crippen LogP) is 6.88. The zero-order valence-corrected chi connectivity index (χ0v) is 21.4. The van der Waals surface area contributed by atoms with E-state index >= 15 is 0 Å². The number of hydrogen-bond donors (Lipinski definition) is 0. The highest BCUT2D eigenvalue weighted by Gasteiger charge is 2.48. The van der Waals surface area contributed by atoms with Gasteiger partial charge in [0.05, 0.1) is 18.3 Å². The normalized spacial score (nSPS) is 18.3. The number of terminal acetylenes is 1. The minimum atomic E-state index is -2.04. The SMILES string of the molecule is C#CCN(C(=O)OC(C)(C)C)C1CCCC(O[Si](C(C)C)(C(C)C)C(C)C)=C1C. The summed E-state index contributed by atoms with van der Waals surface area (Å²) < 4.78 is 12.6. The maximum atomic E-state index is 12.9. The number of allylic oxidation sites excluding steroid dienone is 1. The van der Waals surface area contributed by atoms with Crippen LogP contribution < -0.4 is 0 Å². The van der Waals surface area contributed by atoms with Crippen LogP contribution in [0.4, 0.5) is 4.79 Å². The first-order chi connectivity index (χ1) is 13.3. The molecule has 5 heteroatoms. The molecule has 0 saturated heterocycles. The fourth-order valence-corrected chi connectivity index (χ4v) is 10.3. The smallest absolute Gasteiger partial charge is 0.411 e. The molecule has 0 heterocycles. The highest BCUT2D eigenvalue weighted by molar-refractivity contribution is 6.77. The van der Waals surface area contributed by atoms with Crippen LogP contribution in [-0.2, 0) is 9.16 Å². The fourth-order valence-electron chi connectivity index (χ4n) is 4.86. The second kappa shape index (κ2) is 10.1. The Morgan fingerprint density at radius 2 is 1.69 bits per heavy atom. The number of nitrogens with zero attached hydrogens (tertiary/aromatic N) is 1. The van der Waals surface area contributed by atoms with Crippen molar-refractivity contribution in [1.82, 2.24) is 4.90 Å². The number of carbonyl (C=O) groups excluding carboxylic acids is 1. The Morgan fingerprint density at radius 1 is 1.17 bits per heavy atom. The van der Waals surface area contributed by atoms with Crippen molar-refractivity contribution in [3.05, 3.63) is 11.3 Å². The Hall–Kier alpha value is -1.41. The standard InChI is InChI=1S/C24H43NO3Si/c1-12-16-25(23(26)27-24(9,10)11)21-14-13-15-22(20(21)8)28-29(17(2)3,18(4)5)19(6)7/h1,17-19,21H,13-16H2,2-11H3. The fraction of sp³-hybridized carbons (Fsp3) is 0.792. The number of rotatable bonds is 7. The molecule has 4 nitrogen and oxygen atoms in total. The van der Waals surface area contributed by atoms with Crippen LogP contribution in [0, 0.1) is 12.3 Å². The number of hydrogen-bond acceptors (Lipinski definition) is 3. The molecule has 0 radical (unpaired) electrons. The van der Waals surface area contributed by atoms with Gasteiger partial charge < -0.3 is 9.16 Å². The summed E-state index contributed by atoms with van der Waals surface area (Å²) in [7, 11) is -2.04. The molecule has 1 unspecified atom stereocenters. The van der Waals surface area contributed by atoms with E-state index in [2.05, 4.69) is 54.4 Å². The summed E-state index contributed by atoms with van der Waals surface area (Å²) in [6, 6.07) is -0.0668. The Bertz CT molecular complexity index is 616. The van der Waals surface area contributed by atoms with Crippen LogP contribution in [0.25, 0.3) is 0 Å². The zero-order chi connectivity index (χ0) is 22.6. The first kappa shape index (κ1) is 25.6. The van der Waals surface area contributed by atoms with Crippen LogP contribution in [0.3, 0.4) is 0 Å². The van der Waals surface area contributed by atoms with Crippen LogP contribution in [0.1, 0.15) is 88.5 Å². The molecule has 0 N–H and O–H groups in total. The van der Waals surface area contributed by atoms with Crippen molar-refractivity contribution in [2.24, 2.45) is 0 Å². The molecule has 0 saturated carbocycles. The van der Waals surface area contributed by atoms with Crippen LogP contribution in [-0.4, -0.2) is 37.5 Å².